The highest BCUT2D eigenvalue weighted by atomic mass is 16.6. The number of esters is 1. The van der Waals surface area contributed by atoms with Gasteiger partial charge in [-0.1, -0.05) is 6.92 Å². The summed E-state index contributed by atoms with van der Waals surface area (Å²) in [6, 6.07) is 4.09. The molecular formula is C12H16N2O4. The summed E-state index contributed by atoms with van der Waals surface area (Å²) in [4.78, 5) is 22.0. The van der Waals surface area contributed by atoms with Crippen molar-refractivity contribution in [2.45, 2.75) is 26.2 Å². The SMILES string of the molecule is CCOC(=O)C(CC)c1cc([N+](=O)[O-])ccc1N. The lowest BCUT2D eigenvalue weighted by atomic mass is 9.94. The molecule has 1 unspecified atom stereocenters. The second-order valence-electron chi connectivity index (χ2n) is 3.78. The fraction of sp³-hybridized carbons (Fsp3) is 0.417. The van der Waals surface area contributed by atoms with Gasteiger partial charge in [-0.3, -0.25) is 14.9 Å². The van der Waals surface area contributed by atoms with Gasteiger partial charge in [0.2, 0.25) is 0 Å². The van der Waals surface area contributed by atoms with Crippen molar-refractivity contribution in [3.63, 3.8) is 0 Å². The summed E-state index contributed by atoms with van der Waals surface area (Å²) in [6.07, 6.45) is 0.476. The van der Waals surface area contributed by atoms with Crippen LogP contribution in [0.25, 0.3) is 0 Å². The molecule has 0 radical (unpaired) electrons. The third-order valence-electron chi connectivity index (χ3n) is 2.64. The molecule has 0 amide bonds. The molecule has 0 aliphatic carbocycles. The van der Waals surface area contributed by atoms with Crippen LogP contribution in [0.3, 0.4) is 0 Å². The Labute approximate surface area is 105 Å². The van der Waals surface area contributed by atoms with Crippen LogP contribution in [0.15, 0.2) is 18.2 Å². The summed E-state index contributed by atoms with van der Waals surface area (Å²) in [5.74, 6) is -0.975. The van der Waals surface area contributed by atoms with Crippen LogP contribution >= 0.6 is 0 Å². The smallest absolute Gasteiger partial charge is 0.313 e. The van der Waals surface area contributed by atoms with Gasteiger partial charge >= 0.3 is 5.97 Å². The molecule has 0 aromatic heterocycles. The molecule has 0 heterocycles. The van der Waals surface area contributed by atoms with Crippen LogP contribution in [-0.4, -0.2) is 17.5 Å². The standard InChI is InChI=1S/C12H16N2O4/c1-3-9(12(15)18-4-2)10-7-8(14(16)17)5-6-11(10)13/h5-7,9H,3-4,13H2,1-2H3. The molecule has 0 aliphatic rings. The minimum Gasteiger partial charge on any atom is -0.466 e. The van der Waals surface area contributed by atoms with E-state index < -0.39 is 16.8 Å². The molecular weight excluding hydrogens is 236 g/mol. The van der Waals surface area contributed by atoms with Crippen LogP contribution in [0.4, 0.5) is 11.4 Å². The molecule has 0 aliphatic heterocycles. The monoisotopic (exact) mass is 252 g/mol. The van der Waals surface area contributed by atoms with E-state index in [1.807, 2.05) is 0 Å². The summed E-state index contributed by atoms with van der Waals surface area (Å²) >= 11 is 0. The number of non-ortho nitro benzene ring substituents is 1. The Morgan fingerprint density at radius 1 is 1.50 bits per heavy atom. The maximum absolute atomic E-state index is 11.8. The van der Waals surface area contributed by atoms with E-state index in [1.54, 1.807) is 13.8 Å². The number of nitro benzene ring substituents is 1. The average Bonchev–Trinajstić information content (AvgIpc) is 2.32. The third kappa shape index (κ3) is 2.97. The minimum absolute atomic E-state index is 0.0815. The van der Waals surface area contributed by atoms with Crippen LogP contribution in [-0.2, 0) is 9.53 Å². The highest BCUT2D eigenvalue weighted by Crippen LogP contribution is 2.29. The summed E-state index contributed by atoms with van der Waals surface area (Å²) in [5.41, 5.74) is 6.50. The van der Waals surface area contributed by atoms with E-state index in [9.17, 15) is 14.9 Å². The number of hydrogen-bond acceptors (Lipinski definition) is 5. The van der Waals surface area contributed by atoms with Crippen molar-refractivity contribution >= 4 is 17.3 Å². The normalized spacial score (nSPS) is 11.9. The van der Waals surface area contributed by atoms with E-state index in [4.69, 9.17) is 10.5 Å². The number of carbonyl (C=O) groups excluding carboxylic acids is 1. The van der Waals surface area contributed by atoms with Gasteiger partial charge in [0, 0.05) is 17.8 Å². The minimum atomic E-state index is -0.565. The first kappa shape index (κ1) is 14.0. The first-order valence-electron chi connectivity index (χ1n) is 5.71. The fourth-order valence-electron chi connectivity index (χ4n) is 1.73. The van der Waals surface area contributed by atoms with Gasteiger partial charge in [-0.25, -0.2) is 0 Å². The van der Waals surface area contributed by atoms with E-state index in [-0.39, 0.29) is 12.3 Å². The number of benzene rings is 1. The van der Waals surface area contributed by atoms with Crippen LogP contribution < -0.4 is 5.73 Å². The maximum atomic E-state index is 11.8. The van der Waals surface area contributed by atoms with Crippen molar-refractivity contribution in [1.82, 2.24) is 0 Å². The van der Waals surface area contributed by atoms with Crippen LogP contribution in [0.5, 0.6) is 0 Å². The number of rotatable bonds is 5. The molecule has 18 heavy (non-hydrogen) atoms. The number of carbonyl (C=O) groups is 1. The Kier molecular flexibility index (Phi) is 4.65. The van der Waals surface area contributed by atoms with Crippen molar-refractivity contribution < 1.29 is 14.5 Å². The Balaban J connectivity index is 3.15. The van der Waals surface area contributed by atoms with Gasteiger partial charge in [0.25, 0.3) is 5.69 Å². The Bertz CT molecular complexity index is 459. The van der Waals surface area contributed by atoms with Gasteiger partial charge in [-0.05, 0) is 25.0 Å². The second-order valence-corrected chi connectivity index (χ2v) is 3.78. The highest BCUT2D eigenvalue weighted by molar-refractivity contribution is 5.80. The Morgan fingerprint density at radius 3 is 2.67 bits per heavy atom. The summed E-state index contributed by atoms with van der Waals surface area (Å²) in [6.45, 7) is 3.78. The highest BCUT2D eigenvalue weighted by Gasteiger charge is 2.24. The lowest BCUT2D eigenvalue weighted by Gasteiger charge is -2.15. The Morgan fingerprint density at radius 2 is 2.17 bits per heavy atom. The van der Waals surface area contributed by atoms with Crippen molar-refractivity contribution in [3.8, 4) is 0 Å². The zero-order chi connectivity index (χ0) is 13.7. The quantitative estimate of drug-likeness (QED) is 0.375. The van der Waals surface area contributed by atoms with Gasteiger partial charge in [0.05, 0.1) is 17.4 Å². The first-order chi connectivity index (χ1) is 8.51. The average molecular weight is 252 g/mol. The number of nitrogens with zero attached hydrogens (tertiary/aromatic N) is 1. The molecule has 6 nitrogen and oxygen atoms in total. The van der Waals surface area contributed by atoms with Crippen molar-refractivity contribution in [1.29, 1.82) is 0 Å². The molecule has 1 rings (SSSR count). The van der Waals surface area contributed by atoms with Crippen molar-refractivity contribution in [2.24, 2.45) is 0 Å². The number of nitro groups is 1. The Hall–Kier alpha value is -2.11. The van der Waals surface area contributed by atoms with Gasteiger partial charge in [0.1, 0.15) is 0 Å². The lowest BCUT2D eigenvalue weighted by Crippen LogP contribution is -2.16. The predicted octanol–water partition coefficient (Wildman–Crippen LogP) is 2.23. The van der Waals surface area contributed by atoms with E-state index in [2.05, 4.69) is 0 Å². The number of nitrogen functional groups attached to an aromatic ring is 1. The van der Waals surface area contributed by atoms with Crippen LogP contribution in [0, 0.1) is 10.1 Å². The van der Waals surface area contributed by atoms with Crippen molar-refractivity contribution in [2.75, 3.05) is 12.3 Å². The van der Waals surface area contributed by atoms with Crippen molar-refractivity contribution in [3.05, 3.63) is 33.9 Å². The second kappa shape index (κ2) is 6.00. The van der Waals surface area contributed by atoms with E-state index in [1.165, 1.54) is 18.2 Å². The van der Waals surface area contributed by atoms with E-state index >= 15 is 0 Å². The summed E-state index contributed by atoms with van der Waals surface area (Å²) < 4.78 is 4.94. The lowest BCUT2D eigenvalue weighted by molar-refractivity contribution is -0.384. The number of anilines is 1. The molecule has 1 atom stereocenters. The summed E-state index contributed by atoms with van der Waals surface area (Å²) in [7, 11) is 0. The van der Waals surface area contributed by atoms with Crippen LogP contribution in [0.1, 0.15) is 31.7 Å². The van der Waals surface area contributed by atoms with Gasteiger partial charge in [-0.15, -0.1) is 0 Å². The van der Waals surface area contributed by atoms with Gasteiger partial charge in [-0.2, -0.15) is 0 Å². The van der Waals surface area contributed by atoms with Gasteiger partial charge in [0.15, 0.2) is 0 Å². The maximum Gasteiger partial charge on any atom is 0.313 e. The number of nitrogens with two attached hydrogens (primary N) is 1. The largest absolute Gasteiger partial charge is 0.466 e. The molecule has 1 aromatic carbocycles. The topological polar surface area (TPSA) is 95.5 Å². The molecule has 0 saturated heterocycles. The molecule has 0 fully saturated rings. The third-order valence-corrected chi connectivity index (χ3v) is 2.64. The fourth-order valence-corrected chi connectivity index (χ4v) is 1.73. The number of ether oxygens (including phenoxy) is 1. The molecule has 0 spiro atoms. The predicted molar refractivity (Wildman–Crippen MR) is 67.2 cm³/mol. The molecule has 98 valence electrons. The first-order valence-corrected chi connectivity index (χ1v) is 5.71. The van der Waals surface area contributed by atoms with Crippen LogP contribution in [0.2, 0.25) is 0 Å². The van der Waals surface area contributed by atoms with Gasteiger partial charge < -0.3 is 10.5 Å². The van der Waals surface area contributed by atoms with E-state index in [0.717, 1.165) is 0 Å². The molecule has 6 heteroatoms. The zero-order valence-corrected chi connectivity index (χ0v) is 10.4. The zero-order valence-electron chi connectivity index (χ0n) is 10.4. The number of hydrogen-bond donors (Lipinski definition) is 1. The molecule has 0 saturated carbocycles. The summed E-state index contributed by atoms with van der Waals surface area (Å²) in [5, 5.41) is 10.7. The molecule has 0 bridgehead atoms. The van der Waals surface area contributed by atoms with E-state index in [0.29, 0.717) is 17.7 Å². The molecule has 1 aromatic rings. The molecule has 2 N–H and O–H groups in total.